The molecule has 33 heavy (non-hydrogen) atoms. The van der Waals surface area contributed by atoms with Gasteiger partial charge in [0.05, 0.1) is 23.6 Å². The summed E-state index contributed by atoms with van der Waals surface area (Å²) >= 11 is 0. The number of unbranched alkanes of at least 4 members (excludes halogenated alkanes) is 1. The number of carbonyl (C=O) groups is 1. The van der Waals surface area contributed by atoms with E-state index in [9.17, 15) is 14.0 Å². The first kappa shape index (κ1) is 23.0. The third-order valence-electron chi connectivity index (χ3n) is 5.89. The predicted octanol–water partition coefficient (Wildman–Crippen LogP) is 4.61. The van der Waals surface area contributed by atoms with Crippen molar-refractivity contribution < 1.29 is 18.3 Å². The molecule has 2 aromatic carbocycles. The first-order valence-corrected chi connectivity index (χ1v) is 11.4. The van der Waals surface area contributed by atoms with Crippen LogP contribution in [0.2, 0.25) is 0 Å². The summed E-state index contributed by atoms with van der Waals surface area (Å²) in [6.45, 7) is 4.00. The van der Waals surface area contributed by atoms with Gasteiger partial charge in [-0.3, -0.25) is 9.59 Å². The molecule has 0 saturated heterocycles. The number of rotatable bonds is 9. The van der Waals surface area contributed by atoms with Gasteiger partial charge in [-0.05, 0) is 69.4 Å². The Morgan fingerprint density at radius 3 is 2.55 bits per heavy atom. The number of hydrogen-bond donors (Lipinski definition) is 0. The topological polar surface area (TPSA) is 63.0 Å². The van der Waals surface area contributed by atoms with Crippen LogP contribution in [-0.4, -0.2) is 49.5 Å². The second kappa shape index (κ2) is 9.75. The molecule has 6 nitrogen and oxygen atoms in total. The zero-order valence-corrected chi connectivity index (χ0v) is 19.3. The van der Waals surface area contributed by atoms with E-state index in [-0.39, 0.29) is 33.6 Å². The van der Waals surface area contributed by atoms with E-state index in [1.807, 2.05) is 43.3 Å². The van der Waals surface area contributed by atoms with Gasteiger partial charge < -0.3 is 19.0 Å². The number of halogens is 1. The molecule has 0 N–H and O–H groups in total. The first-order valence-electron chi connectivity index (χ1n) is 11.4. The minimum atomic E-state index is -0.594. The monoisotopic (exact) mass is 452 g/mol. The van der Waals surface area contributed by atoms with E-state index in [1.165, 1.54) is 18.2 Å². The second-order valence-electron chi connectivity index (χ2n) is 8.64. The zero-order valence-electron chi connectivity index (χ0n) is 19.3. The van der Waals surface area contributed by atoms with Gasteiger partial charge in [0.25, 0.3) is 5.91 Å². The molecule has 1 aliphatic rings. The van der Waals surface area contributed by atoms with Crippen LogP contribution < -0.4 is 10.2 Å². The van der Waals surface area contributed by atoms with Gasteiger partial charge in [0, 0.05) is 6.54 Å². The highest BCUT2D eigenvalue weighted by molar-refractivity contribution is 5.99. The van der Waals surface area contributed by atoms with Gasteiger partial charge in [0.2, 0.25) is 5.76 Å². The number of amides is 1. The molecule has 0 fully saturated rings. The van der Waals surface area contributed by atoms with Crippen LogP contribution in [0.3, 0.4) is 0 Å². The van der Waals surface area contributed by atoms with Crippen LogP contribution in [0.25, 0.3) is 11.0 Å². The molecule has 1 atom stereocenters. The van der Waals surface area contributed by atoms with Crippen LogP contribution >= 0.6 is 0 Å². The fourth-order valence-electron chi connectivity index (χ4n) is 4.21. The number of fused-ring (bicyclic) bond motifs is 2. The maximum absolute atomic E-state index is 13.9. The Labute approximate surface area is 192 Å². The molecule has 1 aliphatic heterocycles. The summed E-state index contributed by atoms with van der Waals surface area (Å²) in [7, 11) is 3.95. The lowest BCUT2D eigenvalue weighted by Crippen LogP contribution is -2.32. The molecule has 0 bridgehead atoms. The quantitative estimate of drug-likeness (QED) is 0.444. The van der Waals surface area contributed by atoms with Crippen LogP contribution in [0.5, 0.6) is 5.75 Å². The van der Waals surface area contributed by atoms with Crippen LogP contribution in [0, 0.1) is 5.82 Å². The van der Waals surface area contributed by atoms with Crippen LogP contribution in [0.15, 0.2) is 51.7 Å². The predicted molar refractivity (Wildman–Crippen MR) is 125 cm³/mol. The summed E-state index contributed by atoms with van der Waals surface area (Å²) in [5.41, 5.74) is 0.894. The van der Waals surface area contributed by atoms with E-state index in [0.717, 1.165) is 37.1 Å². The molecule has 4 rings (SSSR count). The van der Waals surface area contributed by atoms with E-state index in [2.05, 4.69) is 6.92 Å². The minimum absolute atomic E-state index is 0.0391. The van der Waals surface area contributed by atoms with Crippen molar-refractivity contribution in [3.05, 3.63) is 75.4 Å². The molecule has 0 spiro atoms. The molecule has 2 heterocycles. The molecule has 1 aromatic heterocycles. The van der Waals surface area contributed by atoms with Crippen molar-refractivity contribution >= 4 is 16.9 Å². The Balaban J connectivity index is 1.76. The Bertz CT molecular complexity index is 1200. The van der Waals surface area contributed by atoms with Crippen molar-refractivity contribution in [3.8, 4) is 5.75 Å². The van der Waals surface area contributed by atoms with Crippen LogP contribution in [-0.2, 0) is 0 Å². The minimum Gasteiger partial charge on any atom is -0.494 e. The molecular weight excluding hydrogens is 423 g/mol. The van der Waals surface area contributed by atoms with E-state index in [0.29, 0.717) is 13.2 Å². The van der Waals surface area contributed by atoms with Gasteiger partial charge in [-0.1, -0.05) is 25.5 Å². The number of ether oxygens (including phenoxy) is 1. The van der Waals surface area contributed by atoms with E-state index >= 15 is 0 Å². The highest BCUT2D eigenvalue weighted by Gasteiger charge is 2.42. The van der Waals surface area contributed by atoms with Crippen LogP contribution in [0.4, 0.5) is 4.39 Å². The number of hydrogen-bond acceptors (Lipinski definition) is 5. The van der Waals surface area contributed by atoms with Gasteiger partial charge in [-0.2, -0.15) is 0 Å². The number of nitrogens with zero attached hydrogens (tertiary/aromatic N) is 2. The Kier molecular flexibility index (Phi) is 6.79. The smallest absolute Gasteiger partial charge is 0.290 e. The van der Waals surface area contributed by atoms with Crippen molar-refractivity contribution in [1.29, 1.82) is 0 Å². The normalized spacial score (nSPS) is 15.5. The molecule has 174 valence electrons. The van der Waals surface area contributed by atoms with Gasteiger partial charge in [-0.25, -0.2) is 4.39 Å². The zero-order chi connectivity index (χ0) is 23.5. The number of carbonyl (C=O) groups excluding carboxylic acids is 1. The molecule has 0 saturated carbocycles. The lowest BCUT2D eigenvalue weighted by molar-refractivity contribution is 0.0722. The summed E-state index contributed by atoms with van der Waals surface area (Å²) in [5.74, 6) is -0.0619. The highest BCUT2D eigenvalue weighted by Crippen LogP contribution is 2.38. The largest absolute Gasteiger partial charge is 0.494 e. The average Bonchev–Trinajstić information content (AvgIpc) is 3.07. The molecule has 1 amide bonds. The van der Waals surface area contributed by atoms with Crippen molar-refractivity contribution in [2.75, 3.05) is 33.8 Å². The Morgan fingerprint density at radius 1 is 1.09 bits per heavy atom. The van der Waals surface area contributed by atoms with Crippen molar-refractivity contribution in [2.24, 2.45) is 0 Å². The van der Waals surface area contributed by atoms with Gasteiger partial charge in [0.15, 0.2) is 5.43 Å². The van der Waals surface area contributed by atoms with Gasteiger partial charge in [0.1, 0.15) is 17.1 Å². The molecular formula is C26H29FN2O4. The summed E-state index contributed by atoms with van der Waals surface area (Å²) in [5, 5.41) is 0.140. The molecule has 0 aliphatic carbocycles. The van der Waals surface area contributed by atoms with E-state index in [1.54, 1.807) is 4.90 Å². The summed E-state index contributed by atoms with van der Waals surface area (Å²) in [6, 6.07) is 10.7. The summed E-state index contributed by atoms with van der Waals surface area (Å²) in [4.78, 5) is 30.5. The Hall–Kier alpha value is -3.19. The lowest BCUT2D eigenvalue weighted by Gasteiger charge is -2.26. The number of benzene rings is 2. The fraction of sp³-hybridized carbons (Fsp3) is 0.385. The maximum Gasteiger partial charge on any atom is 0.290 e. The maximum atomic E-state index is 13.9. The van der Waals surface area contributed by atoms with Crippen LogP contribution in [0.1, 0.15) is 53.9 Å². The first-order chi connectivity index (χ1) is 15.9. The standard InChI is InChI=1S/C26H29FN2O4/c1-4-5-15-32-19-10-7-17(8-11-19)23-22-24(30)20-16-18(27)9-12-21(20)33-25(22)26(31)29(23)14-6-13-28(2)3/h7-12,16,23H,4-6,13-15H2,1-3H3/t23-/m1/s1. The van der Waals surface area contributed by atoms with Crippen molar-refractivity contribution in [2.45, 2.75) is 32.2 Å². The second-order valence-corrected chi connectivity index (χ2v) is 8.64. The SMILES string of the molecule is CCCCOc1ccc([C@@H]2c3c(oc4ccc(F)cc4c3=O)C(=O)N2CCCN(C)C)cc1. The molecule has 3 aromatic rings. The third kappa shape index (κ3) is 4.64. The van der Waals surface area contributed by atoms with Gasteiger partial charge in [-0.15, -0.1) is 0 Å². The summed E-state index contributed by atoms with van der Waals surface area (Å²) < 4.78 is 25.5. The van der Waals surface area contributed by atoms with E-state index in [4.69, 9.17) is 9.15 Å². The molecule has 0 radical (unpaired) electrons. The highest BCUT2D eigenvalue weighted by atomic mass is 19.1. The summed E-state index contributed by atoms with van der Waals surface area (Å²) in [6.07, 6.45) is 2.76. The molecule has 0 unspecified atom stereocenters. The van der Waals surface area contributed by atoms with Crippen molar-refractivity contribution in [1.82, 2.24) is 9.80 Å². The Morgan fingerprint density at radius 2 is 1.85 bits per heavy atom. The fourth-order valence-corrected chi connectivity index (χ4v) is 4.21. The van der Waals surface area contributed by atoms with Crippen molar-refractivity contribution in [3.63, 3.8) is 0 Å². The molecule has 7 heteroatoms. The lowest BCUT2D eigenvalue weighted by atomic mass is 9.98. The van der Waals surface area contributed by atoms with Gasteiger partial charge >= 0.3 is 0 Å². The third-order valence-corrected chi connectivity index (χ3v) is 5.89. The average molecular weight is 453 g/mol. The van der Waals surface area contributed by atoms with E-state index < -0.39 is 11.9 Å².